The van der Waals surface area contributed by atoms with Crippen LogP contribution in [-0.4, -0.2) is 52.0 Å². The van der Waals surface area contributed by atoms with E-state index < -0.39 is 27.6 Å². The van der Waals surface area contributed by atoms with Gasteiger partial charge in [0.1, 0.15) is 10.6 Å². The lowest BCUT2D eigenvalue weighted by Crippen LogP contribution is -2.40. The summed E-state index contributed by atoms with van der Waals surface area (Å²) in [6, 6.07) is 5.39. The Bertz CT molecular complexity index is 1040. The van der Waals surface area contributed by atoms with Crippen molar-refractivity contribution in [3.8, 4) is 5.75 Å². The number of nitrogens with one attached hydrogen (secondary N) is 1. The maximum Gasteiger partial charge on any atom is 0.257 e. The van der Waals surface area contributed by atoms with Gasteiger partial charge in [-0.05, 0) is 30.3 Å². The monoisotopic (exact) mass is 446 g/mol. The minimum Gasteiger partial charge on any atom is -0.495 e. The predicted octanol–water partition coefficient (Wildman–Crippen LogP) is 2.90. The quantitative estimate of drug-likeness (QED) is 0.714. The first kappa shape index (κ1) is 21.4. The number of methoxy groups -OCH3 is 1. The van der Waals surface area contributed by atoms with Crippen LogP contribution >= 0.6 is 11.6 Å². The lowest BCUT2D eigenvalue weighted by molar-refractivity contribution is 0.0729. The Morgan fingerprint density at radius 2 is 1.83 bits per heavy atom. The summed E-state index contributed by atoms with van der Waals surface area (Å²) >= 11 is 5.81. The second-order valence-corrected chi connectivity index (χ2v) is 8.40. The third-order valence-electron chi connectivity index (χ3n) is 4.26. The minimum absolute atomic E-state index is 0.0975. The van der Waals surface area contributed by atoms with Crippen LogP contribution in [0, 0.1) is 11.6 Å². The molecule has 0 aliphatic carbocycles. The van der Waals surface area contributed by atoms with Gasteiger partial charge in [0.25, 0.3) is 5.91 Å². The Balaban J connectivity index is 1.93. The van der Waals surface area contributed by atoms with E-state index in [1.54, 1.807) is 0 Å². The number of hydrogen-bond donors (Lipinski definition) is 1. The molecule has 7 nitrogen and oxygen atoms in total. The lowest BCUT2D eigenvalue weighted by atomic mass is 10.2. The van der Waals surface area contributed by atoms with Crippen LogP contribution in [0.3, 0.4) is 0 Å². The third-order valence-corrected chi connectivity index (χ3v) is 6.50. The van der Waals surface area contributed by atoms with Crippen molar-refractivity contribution in [3.63, 3.8) is 0 Å². The molecule has 1 heterocycles. The van der Waals surface area contributed by atoms with E-state index in [1.165, 1.54) is 29.6 Å². The van der Waals surface area contributed by atoms with Crippen molar-refractivity contribution >= 4 is 33.2 Å². The van der Waals surface area contributed by atoms with E-state index in [-0.39, 0.29) is 53.2 Å². The molecular weight excluding hydrogens is 430 g/mol. The molecule has 1 saturated heterocycles. The van der Waals surface area contributed by atoms with Crippen molar-refractivity contribution in [1.82, 2.24) is 4.31 Å². The van der Waals surface area contributed by atoms with Crippen LogP contribution in [0.2, 0.25) is 5.02 Å². The summed E-state index contributed by atoms with van der Waals surface area (Å²) < 4.78 is 64.2. The van der Waals surface area contributed by atoms with E-state index in [9.17, 15) is 22.0 Å². The second kappa shape index (κ2) is 8.62. The molecule has 0 bridgehead atoms. The number of anilines is 1. The Morgan fingerprint density at radius 1 is 1.17 bits per heavy atom. The maximum atomic E-state index is 13.5. The molecule has 0 unspecified atom stereocenters. The van der Waals surface area contributed by atoms with Gasteiger partial charge in [0.2, 0.25) is 10.0 Å². The summed E-state index contributed by atoms with van der Waals surface area (Å²) in [6.07, 6.45) is 0. The highest BCUT2D eigenvalue weighted by molar-refractivity contribution is 7.89. The molecule has 2 aromatic rings. The fourth-order valence-electron chi connectivity index (χ4n) is 2.78. The zero-order valence-corrected chi connectivity index (χ0v) is 16.8. The number of morpholine rings is 1. The largest absolute Gasteiger partial charge is 0.495 e. The first-order chi connectivity index (χ1) is 13.7. The summed E-state index contributed by atoms with van der Waals surface area (Å²) in [5, 5.41) is 2.16. The molecule has 1 aliphatic rings. The predicted molar refractivity (Wildman–Crippen MR) is 102 cm³/mol. The third kappa shape index (κ3) is 4.50. The molecule has 0 spiro atoms. The molecule has 1 aliphatic heterocycles. The van der Waals surface area contributed by atoms with E-state index in [4.69, 9.17) is 21.1 Å². The van der Waals surface area contributed by atoms with Gasteiger partial charge in [0, 0.05) is 18.8 Å². The first-order valence-corrected chi connectivity index (χ1v) is 10.3. The number of hydrogen-bond acceptors (Lipinski definition) is 5. The maximum absolute atomic E-state index is 13.5. The number of carbonyl (C=O) groups is 1. The number of amides is 1. The van der Waals surface area contributed by atoms with E-state index in [0.717, 1.165) is 0 Å². The molecule has 0 radical (unpaired) electrons. The van der Waals surface area contributed by atoms with Crippen molar-refractivity contribution in [2.75, 3.05) is 38.7 Å². The first-order valence-electron chi connectivity index (χ1n) is 8.46. The molecule has 1 N–H and O–H groups in total. The molecule has 2 aromatic carbocycles. The number of carbonyl (C=O) groups excluding carboxylic acids is 1. The average molecular weight is 447 g/mol. The molecule has 3 rings (SSSR count). The van der Waals surface area contributed by atoms with Gasteiger partial charge in [-0.1, -0.05) is 11.6 Å². The van der Waals surface area contributed by atoms with Gasteiger partial charge in [-0.3, -0.25) is 4.79 Å². The highest BCUT2D eigenvalue weighted by Gasteiger charge is 2.29. The summed E-state index contributed by atoms with van der Waals surface area (Å²) in [7, 11) is -2.58. The highest BCUT2D eigenvalue weighted by atomic mass is 35.5. The van der Waals surface area contributed by atoms with Gasteiger partial charge < -0.3 is 14.8 Å². The van der Waals surface area contributed by atoms with Gasteiger partial charge >= 0.3 is 0 Å². The van der Waals surface area contributed by atoms with Crippen LogP contribution in [0.25, 0.3) is 0 Å². The zero-order chi connectivity index (χ0) is 21.2. The van der Waals surface area contributed by atoms with Gasteiger partial charge in [0.05, 0.1) is 30.9 Å². The average Bonchev–Trinajstić information content (AvgIpc) is 2.71. The van der Waals surface area contributed by atoms with Crippen LogP contribution in [0.15, 0.2) is 35.2 Å². The van der Waals surface area contributed by atoms with Gasteiger partial charge in [-0.2, -0.15) is 4.31 Å². The van der Waals surface area contributed by atoms with Crippen LogP contribution in [0.5, 0.6) is 5.75 Å². The van der Waals surface area contributed by atoms with Crippen molar-refractivity contribution in [2.45, 2.75) is 4.90 Å². The number of rotatable bonds is 5. The Labute approximate surface area is 171 Å². The molecule has 0 saturated carbocycles. The molecule has 29 heavy (non-hydrogen) atoms. The topological polar surface area (TPSA) is 84.9 Å². The normalized spacial score (nSPS) is 15.2. The number of ether oxygens (including phenoxy) is 2. The van der Waals surface area contributed by atoms with Crippen LogP contribution in [-0.2, 0) is 14.8 Å². The summed E-state index contributed by atoms with van der Waals surface area (Å²) in [5.74, 6) is -3.14. The van der Waals surface area contributed by atoms with E-state index >= 15 is 0 Å². The van der Waals surface area contributed by atoms with Crippen molar-refractivity contribution < 1.29 is 31.5 Å². The smallest absolute Gasteiger partial charge is 0.257 e. The molecule has 1 fully saturated rings. The molecule has 0 atom stereocenters. The minimum atomic E-state index is -3.91. The zero-order valence-electron chi connectivity index (χ0n) is 15.2. The second-order valence-electron chi connectivity index (χ2n) is 6.08. The number of sulfonamides is 1. The molecule has 1 amide bonds. The molecule has 11 heteroatoms. The Kier molecular flexibility index (Phi) is 6.37. The van der Waals surface area contributed by atoms with Gasteiger partial charge in [0.15, 0.2) is 11.6 Å². The fourth-order valence-corrected chi connectivity index (χ4v) is 4.60. The van der Waals surface area contributed by atoms with E-state index in [0.29, 0.717) is 12.1 Å². The van der Waals surface area contributed by atoms with Crippen molar-refractivity contribution in [1.29, 1.82) is 0 Å². The Hall–Kier alpha value is -2.27. The molecular formula is C18H17ClF2N2O5S. The standard InChI is InChI=1S/C18H17ClF2N2O5S/c1-27-16-3-2-11(8-17(16)29(25,26)23-4-6-28-7-5-23)22-18(24)12-9-14(20)15(21)10-13(12)19/h2-3,8-10H,4-7H2,1H3,(H,22,24). The Morgan fingerprint density at radius 3 is 2.48 bits per heavy atom. The highest BCUT2D eigenvalue weighted by Crippen LogP contribution is 2.31. The SMILES string of the molecule is COc1ccc(NC(=O)c2cc(F)c(F)cc2Cl)cc1S(=O)(=O)N1CCOCC1. The fraction of sp³-hybridized carbons (Fsp3) is 0.278. The molecule has 0 aromatic heterocycles. The van der Waals surface area contributed by atoms with Gasteiger partial charge in [-0.15, -0.1) is 0 Å². The van der Waals surface area contributed by atoms with Crippen molar-refractivity contribution in [2.24, 2.45) is 0 Å². The van der Waals surface area contributed by atoms with Crippen LogP contribution < -0.4 is 10.1 Å². The van der Waals surface area contributed by atoms with Crippen LogP contribution in [0.1, 0.15) is 10.4 Å². The summed E-state index contributed by atoms with van der Waals surface area (Å²) in [6.45, 7) is 0.915. The summed E-state index contributed by atoms with van der Waals surface area (Å²) in [5.41, 5.74) is -0.178. The van der Waals surface area contributed by atoms with Crippen LogP contribution in [0.4, 0.5) is 14.5 Å². The van der Waals surface area contributed by atoms with Gasteiger partial charge in [-0.25, -0.2) is 17.2 Å². The lowest BCUT2D eigenvalue weighted by Gasteiger charge is -2.26. The molecule has 156 valence electrons. The number of halogens is 3. The summed E-state index contributed by atoms with van der Waals surface area (Å²) in [4.78, 5) is 12.3. The number of nitrogens with zero attached hydrogens (tertiary/aromatic N) is 1. The number of benzene rings is 2. The van der Waals surface area contributed by atoms with E-state index in [2.05, 4.69) is 5.32 Å². The van der Waals surface area contributed by atoms with Crippen molar-refractivity contribution in [3.05, 3.63) is 52.6 Å². The van der Waals surface area contributed by atoms with E-state index in [1.807, 2.05) is 0 Å².